The van der Waals surface area contributed by atoms with Gasteiger partial charge in [-0.1, -0.05) is 42.5 Å². The van der Waals surface area contributed by atoms with Crippen LogP contribution in [0.3, 0.4) is 0 Å². The van der Waals surface area contributed by atoms with Crippen molar-refractivity contribution >= 4 is 34.1 Å². The van der Waals surface area contributed by atoms with E-state index in [1.165, 1.54) is 4.90 Å². The zero-order valence-electron chi connectivity index (χ0n) is 15.5. The first-order valence-electron chi connectivity index (χ1n) is 9.29. The van der Waals surface area contributed by atoms with Gasteiger partial charge in [0.05, 0.1) is 22.7 Å². The molecular weight excluding hydrogens is 440 g/mol. The molecule has 4 rings (SSSR count). The van der Waals surface area contributed by atoms with Gasteiger partial charge in [0.15, 0.2) is 0 Å². The zero-order valence-corrected chi connectivity index (χ0v) is 17.1. The van der Waals surface area contributed by atoms with Gasteiger partial charge >= 0.3 is 6.09 Å². The first kappa shape index (κ1) is 19.4. The molecule has 2 fully saturated rings. The maximum atomic E-state index is 12.3. The Labute approximate surface area is 176 Å². The van der Waals surface area contributed by atoms with E-state index in [9.17, 15) is 14.4 Å². The molecule has 2 aromatic carbocycles. The number of benzene rings is 2. The Morgan fingerprint density at radius 1 is 1.03 bits per heavy atom. The summed E-state index contributed by atoms with van der Waals surface area (Å²) in [5, 5.41) is 0. The van der Waals surface area contributed by atoms with Crippen molar-refractivity contribution in [2.45, 2.75) is 31.6 Å². The molecule has 0 radical (unpaired) electrons. The number of rotatable bonds is 5. The summed E-state index contributed by atoms with van der Waals surface area (Å²) >= 11 is 2.97. The van der Waals surface area contributed by atoms with Crippen LogP contribution in [0.2, 0.25) is 0 Å². The van der Waals surface area contributed by atoms with E-state index in [0.29, 0.717) is 13.0 Å². The summed E-state index contributed by atoms with van der Waals surface area (Å²) < 4.78 is 12.1. The van der Waals surface area contributed by atoms with E-state index in [4.69, 9.17) is 9.47 Å². The van der Waals surface area contributed by atoms with Crippen molar-refractivity contribution in [2.24, 2.45) is 0 Å². The normalized spacial score (nSPS) is 22.0. The number of carbonyl (C=O) groups is 3. The first-order valence-corrected chi connectivity index (χ1v) is 10.0. The Balaban J connectivity index is 1.39. The summed E-state index contributed by atoms with van der Waals surface area (Å²) in [4.78, 5) is 37.7. The molecule has 0 saturated carbocycles. The summed E-state index contributed by atoms with van der Waals surface area (Å²) in [6, 6.07) is 16.5. The van der Waals surface area contributed by atoms with Gasteiger partial charge < -0.3 is 9.47 Å². The fraction of sp³-hybridized carbons (Fsp3) is 0.286. The fourth-order valence-electron chi connectivity index (χ4n) is 3.45. The molecule has 29 heavy (non-hydrogen) atoms. The Morgan fingerprint density at radius 2 is 1.76 bits per heavy atom. The minimum atomic E-state index is -0.696. The summed E-state index contributed by atoms with van der Waals surface area (Å²) in [5.41, 5.74) is 1.90. The molecule has 0 aromatic heterocycles. The molecule has 7 nitrogen and oxygen atoms in total. The summed E-state index contributed by atoms with van der Waals surface area (Å²) in [7, 11) is 0. The average Bonchev–Trinajstić information content (AvgIpc) is 3.13. The minimum Gasteiger partial charge on any atom is -0.489 e. The van der Waals surface area contributed by atoms with Crippen molar-refractivity contribution in [2.75, 3.05) is 6.54 Å². The molecule has 0 aliphatic carbocycles. The van der Waals surface area contributed by atoms with Crippen molar-refractivity contribution in [1.29, 1.82) is 0 Å². The number of ether oxygens (including phenoxy) is 2. The van der Waals surface area contributed by atoms with Crippen molar-refractivity contribution in [3.63, 3.8) is 0 Å². The zero-order chi connectivity index (χ0) is 20.4. The molecule has 2 heterocycles. The van der Waals surface area contributed by atoms with E-state index in [0.717, 1.165) is 20.8 Å². The third-order valence-electron chi connectivity index (χ3n) is 5.05. The largest absolute Gasteiger partial charge is 0.489 e. The van der Waals surface area contributed by atoms with Gasteiger partial charge in [-0.2, -0.15) is 0 Å². The lowest BCUT2D eigenvalue weighted by Crippen LogP contribution is -2.51. The third-order valence-corrected chi connectivity index (χ3v) is 5.79. The Hall–Kier alpha value is -2.87. The first-order chi connectivity index (χ1) is 14.0. The van der Waals surface area contributed by atoms with E-state index in [2.05, 4.69) is 16.1 Å². The lowest BCUT2D eigenvalue weighted by molar-refractivity contribution is -0.144. The van der Waals surface area contributed by atoms with Crippen molar-refractivity contribution in [1.82, 2.24) is 8.83 Å². The topological polar surface area (TPSA) is 76.1 Å². The molecule has 8 heteroatoms. The predicted octanol–water partition coefficient (Wildman–Crippen LogP) is 3.59. The lowest BCUT2D eigenvalue weighted by atomic mass is 10.0. The van der Waals surface area contributed by atoms with Crippen LogP contribution < -0.4 is 4.74 Å². The van der Waals surface area contributed by atoms with Crippen LogP contribution in [0.5, 0.6) is 5.75 Å². The van der Waals surface area contributed by atoms with E-state index in [1.807, 2.05) is 54.6 Å². The smallest absolute Gasteiger partial charge is 0.411 e. The van der Waals surface area contributed by atoms with Gasteiger partial charge in [-0.05, 0) is 29.7 Å². The second-order valence-electron chi connectivity index (χ2n) is 6.94. The van der Waals surface area contributed by atoms with E-state index in [-0.39, 0.29) is 18.9 Å². The Bertz CT molecular complexity index is 918. The van der Waals surface area contributed by atoms with Gasteiger partial charge in [0.2, 0.25) is 5.91 Å². The monoisotopic (exact) mass is 458 g/mol. The maximum Gasteiger partial charge on any atom is 0.411 e. The summed E-state index contributed by atoms with van der Waals surface area (Å²) in [6.45, 7) is 0.729. The van der Waals surface area contributed by atoms with Crippen LogP contribution in [0.15, 0.2) is 54.6 Å². The van der Waals surface area contributed by atoms with E-state index >= 15 is 0 Å². The van der Waals surface area contributed by atoms with Gasteiger partial charge in [-0.25, -0.2) is 8.72 Å². The van der Waals surface area contributed by atoms with Gasteiger partial charge in [0.25, 0.3) is 5.91 Å². The second-order valence-corrected chi connectivity index (χ2v) is 7.64. The standard InChI is InChI=1S/C21H19BrN2O5/c22-24-19(25)11-10-17(20(24)26)23-12-18(29-21(23)27)15-6-8-16(9-7-15)28-13-14-4-2-1-3-5-14/h1-9,17-18H,10-13H2. The molecule has 2 aromatic rings. The third kappa shape index (κ3) is 4.12. The molecule has 150 valence electrons. The molecule has 2 aliphatic heterocycles. The fourth-order valence-corrected chi connectivity index (χ4v) is 3.87. The highest BCUT2D eigenvalue weighted by atomic mass is 79.9. The van der Waals surface area contributed by atoms with Crippen molar-refractivity contribution in [3.05, 3.63) is 65.7 Å². The molecule has 0 bridgehead atoms. The number of imide groups is 1. The Kier molecular flexibility index (Phi) is 5.53. The molecule has 2 saturated heterocycles. The van der Waals surface area contributed by atoms with Gasteiger partial charge in [0.1, 0.15) is 24.5 Å². The van der Waals surface area contributed by atoms with Gasteiger partial charge in [-0.15, -0.1) is 0 Å². The Morgan fingerprint density at radius 3 is 2.48 bits per heavy atom. The van der Waals surface area contributed by atoms with Crippen molar-refractivity contribution < 1.29 is 23.9 Å². The van der Waals surface area contributed by atoms with Gasteiger partial charge in [-0.3, -0.25) is 14.5 Å². The van der Waals surface area contributed by atoms with Crippen LogP contribution in [0.1, 0.15) is 30.1 Å². The number of hydrogen-bond acceptors (Lipinski definition) is 5. The molecule has 2 aliphatic rings. The summed E-state index contributed by atoms with van der Waals surface area (Å²) in [6.07, 6.45) is -0.523. The molecule has 3 amide bonds. The molecule has 2 atom stereocenters. The van der Waals surface area contributed by atoms with Crippen LogP contribution >= 0.6 is 16.1 Å². The maximum absolute atomic E-state index is 12.3. The van der Waals surface area contributed by atoms with Crippen LogP contribution in [-0.2, 0) is 20.9 Å². The lowest BCUT2D eigenvalue weighted by Gasteiger charge is -2.30. The highest BCUT2D eigenvalue weighted by molar-refractivity contribution is 9.08. The number of nitrogens with zero attached hydrogens (tertiary/aromatic N) is 2. The number of piperidine rings is 1. The number of amides is 3. The van der Waals surface area contributed by atoms with E-state index in [1.54, 1.807) is 0 Å². The van der Waals surface area contributed by atoms with Gasteiger partial charge in [0, 0.05) is 6.42 Å². The number of halogens is 1. The highest BCUT2D eigenvalue weighted by Gasteiger charge is 2.44. The van der Waals surface area contributed by atoms with Crippen LogP contribution in [0, 0.1) is 0 Å². The average molecular weight is 459 g/mol. The molecule has 2 unspecified atom stereocenters. The predicted molar refractivity (Wildman–Crippen MR) is 107 cm³/mol. The minimum absolute atomic E-state index is 0.198. The van der Waals surface area contributed by atoms with Crippen molar-refractivity contribution in [3.8, 4) is 5.75 Å². The molecule has 0 spiro atoms. The number of cyclic esters (lactones) is 1. The molecule has 0 N–H and O–H groups in total. The van der Waals surface area contributed by atoms with E-state index < -0.39 is 24.1 Å². The van der Waals surface area contributed by atoms with Crippen LogP contribution in [-0.4, -0.2) is 39.3 Å². The summed E-state index contributed by atoms with van der Waals surface area (Å²) in [5.74, 6) is -0.0281. The second kappa shape index (κ2) is 8.24. The SMILES string of the molecule is O=C1CCC(N2CC(c3ccc(OCc4ccccc4)cc3)OC2=O)C(=O)N1Br. The van der Waals surface area contributed by atoms with Crippen LogP contribution in [0.4, 0.5) is 4.79 Å². The molecular formula is C21H19BrN2O5. The number of hydrogen-bond donors (Lipinski definition) is 0. The quantitative estimate of drug-likeness (QED) is 0.505. The van der Waals surface area contributed by atoms with Crippen LogP contribution in [0.25, 0.3) is 0 Å². The number of carbonyl (C=O) groups excluding carboxylic acids is 3. The highest BCUT2D eigenvalue weighted by Crippen LogP contribution is 2.32.